The fraction of sp³-hybridized carbons (Fsp3) is 0.444. The lowest BCUT2D eigenvalue weighted by Gasteiger charge is -2.26. The van der Waals surface area contributed by atoms with Gasteiger partial charge >= 0.3 is 6.18 Å². The molecule has 10 heteroatoms. The number of hydrogen-bond acceptors (Lipinski definition) is 4. The molecule has 1 aromatic carbocycles. The maximum Gasteiger partial charge on any atom is 0.436 e. The van der Waals surface area contributed by atoms with E-state index in [1.165, 1.54) is 6.92 Å². The molecule has 1 aliphatic rings. The first kappa shape index (κ1) is 20.6. The van der Waals surface area contributed by atoms with Gasteiger partial charge in [0.05, 0.1) is 23.9 Å². The molecule has 6 nitrogen and oxygen atoms in total. The first-order valence-electron chi connectivity index (χ1n) is 8.73. The van der Waals surface area contributed by atoms with E-state index in [0.29, 0.717) is 18.9 Å². The maximum absolute atomic E-state index is 12.9. The Morgan fingerprint density at radius 1 is 1.32 bits per heavy atom. The van der Waals surface area contributed by atoms with Crippen LogP contribution in [0.5, 0.6) is 0 Å². The number of amides is 1. The van der Waals surface area contributed by atoms with E-state index in [4.69, 9.17) is 16.3 Å². The van der Waals surface area contributed by atoms with Gasteiger partial charge in [-0.2, -0.15) is 18.3 Å². The lowest BCUT2D eigenvalue weighted by Crippen LogP contribution is -2.35. The van der Waals surface area contributed by atoms with Crippen LogP contribution in [0.15, 0.2) is 24.3 Å². The largest absolute Gasteiger partial charge is 0.436 e. The summed E-state index contributed by atoms with van der Waals surface area (Å²) in [6, 6.07) is 7.35. The third-order valence-electron chi connectivity index (χ3n) is 4.42. The third-order valence-corrected chi connectivity index (χ3v) is 4.87. The number of aromatic nitrogens is 2. The molecule has 0 unspecified atom stereocenters. The molecule has 0 atom stereocenters. The summed E-state index contributed by atoms with van der Waals surface area (Å²) in [5.74, 6) is -0.487. The Morgan fingerprint density at radius 3 is 2.68 bits per heavy atom. The van der Waals surface area contributed by atoms with Crippen molar-refractivity contribution in [2.45, 2.75) is 26.2 Å². The lowest BCUT2D eigenvalue weighted by atomic mass is 10.2. The van der Waals surface area contributed by atoms with Crippen LogP contribution < -0.4 is 5.32 Å². The average Bonchev–Trinajstić information content (AvgIpc) is 2.91. The van der Waals surface area contributed by atoms with Gasteiger partial charge in [-0.1, -0.05) is 23.7 Å². The average molecular weight is 417 g/mol. The highest BCUT2D eigenvalue weighted by Gasteiger charge is 2.38. The van der Waals surface area contributed by atoms with E-state index >= 15 is 0 Å². The van der Waals surface area contributed by atoms with Crippen molar-refractivity contribution in [2.75, 3.05) is 31.6 Å². The van der Waals surface area contributed by atoms with E-state index in [9.17, 15) is 18.0 Å². The Morgan fingerprint density at radius 2 is 2.04 bits per heavy atom. The summed E-state index contributed by atoms with van der Waals surface area (Å²) in [6.07, 6.45) is -4.67. The number of rotatable bonds is 5. The van der Waals surface area contributed by atoms with E-state index in [-0.39, 0.29) is 12.2 Å². The molecule has 0 saturated carbocycles. The predicted octanol–water partition coefficient (Wildman–Crippen LogP) is 3.33. The molecule has 1 fully saturated rings. The van der Waals surface area contributed by atoms with E-state index < -0.39 is 22.8 Å². The van der Waals surface area contributed by atoms with Crippen LogP contribution in [0.2, 0.25) is 5.02 Å². The Balaban J connectivity index is 1.64. The fourth-order valence-corrected chi connectivity index (χ4v) is 3.20. The number of ether oxygens (including phenoxy) is 1. The Bertz CT molecular complexity index is 848. The number of carbonyl (C=O) groups excluding carboxylic acids is 1. The number of benzene rings is 1. The highest BCUT2D eigenvalue weighted by atomic mass is 35.5. The molecule has 1 aromatic heterocycles. The number of nitrogens with one attached hydrogen (secondary N) is 1. The molecule has 3 rings (SSSR count). The molecule has 1 aliphatic heterocycles. The van der Waals surface area contributed by atoms with Crippen molar-refractivity contribution in [3.05, 3.63) is 46.2 Å². The van der Waals surface area contributed by atoms with Gasteiger partial charge in [-0.15, -0.1) is 0 Å². The molecule has 0 spiro atoms. The Hall–Kier alpha value is -2.10. The van der Waals surface area contributed by atoms with Crippen LogP contribution in [0.4, 0.5) is 18.9 Å². The topological polar surface area (TPSA) is 59.4 Å². The molecule has 0 aliphatic carbocycles. The van der Waals surface area contributed by atoms with Gasteiger partial charge < -0.3 is 10.1 Å². The minimum Gasteiger partial charge on any atom is -0.379 e. The van der Waals surface area contributed by atoms with Crippen LogP contribution >= 0.6 is 11.6 Å². The number of carbonyl (C=O) groups is 1. The molecule has 152 valence electrons. The second-order valence-corrected chi connectivity index (χ2v) is 6.92. The molecule has 0 radical (unpaired) electrons. The molecular weight excluding hydrogens is 397 g/mol. The number of nitrogens with zero attached hydrogens (tertiary/aromatic N) is 3. The van der Waals surface area contributed by atoms with Gasteiger partial charge in [0.25, 0.3) is 0 Å². The summed E-state index contributed by atoms with van der Waals surface area (Å²) in [6.45, 7) is 4.84. The predicted molar refractivity (Wildman–Crippen MR) is 98.1 cm³/mol. The van der Waals surface area contributed by atoms with Gasteiger partial charge in [-0.05, 0) is 24.6 Å². The number of morpholine rings is 1. The van der Waals surface area contributed by atoms with Crippen molar-refractivity contribution in [3.8, 4) is 0 Å². The van der Waals surface area contributed by atoms with Crippen LogP contribution in [0.25, 0.3) is 0 Å². The zero-order valence-corrected chi connectivity index (χ0v) is 16.0. The molecule has 28 heavy (non-hydrogen) atoms. The quantitative estimate of drug-likeness (QED) is 0.812. The van der Waals surface area contributed by atoms with Crippen molar-refractivity contribution >= 4 is 23.2 Å². The fourth-order valence-electron chi connectivity index (χ4n) is 2.96. The second-order valence-electron chi connectivity index (χ2n) is 6.54. The minimum atomic E-state index is -4.67. The standard InChI is InChI=1S/C18H20ClF3N4O2/c1-12-16(19)17(18(20,21)22)24-26(12)11-15(27)23-14-4-2-3-13(9-14)10-25-5-7-28-8-6-25/h2-4,9H,5-8,10-11H2,1H3,(H,23,27). The van der Waals surface area contributed by atoms with Crippen LogP contribution in [0, 0.1) is 6.92 Å². The van der Waals surface area contributed by atoms with Gasteiger partial charge in [-0.3, -0.25) is 14.4 Å². The summed E-state index contributed by atoms with van der Waals surface area (Å²) in [5.41, 5.74) is 0.497. The molecular formula is C18H20ClF3N4O2. The first-order chi connectivity index (χ1) is 13.2. The zero-order chi connectivity index (χ0) is 20.3. The van der Waals surface area contributed by atoms with E-state index in [2.05, 4.69) is 15.3 Å². The monoisotopic (exact) mass is 416 g/mol. The minimum absolute atomic E-state index is 0.0882. The number of hydrogen-bond donors (Lipinski definition) is 1. The number of anilines is 1. The summed E-state index contributed by atoms with van der Waals surface area (Å²) < 4.78 is 45.0. The van der Waals surface area contributed by atoms with Crippen LogP contribution in [-0.2, 0) is 28.8 Å². The highest BCUT2D eigenvalue weighted by molar-refractivity contribution is 6.32. The number of halogens is 4. The number of alkyl halides is 3. The second kappa shape index (κ2) is 8.50. The third kappa shape index (κ3) is 5.03. The van der Waals surface area contributed by atoms with Crippen LogP contribution in [0.1, 0.15) is 17.0 Å². The highest BCUT2D eigenvalue weighted by Crippen LogP contribution is 2.35. The Kier molecular flexibility index (Phi) is 6.26. The van der Waals surface area contributed by atoms with Crippen molar-refractivity contribution < 1.29 is 22.7 Å². The summed E-state index contributed by atoms with van der Waals surface area (Å²) in [7, 11) is 0. The summed E-state index contributed by atoms with van der Waals surface area (Å²) >= 11 is 5.71. The summed E-state index contributed by atoms with van der Waals surface area (Å²) in [4.78, 5) is 14.5. The molecule has 2 heterocycles. The molecule has 1 N–H and O–H groups in total. The molecule has 1 saturated heterocycles. The van der Waals surface area contributed by atoms with Crippen LogP contribution in [-0.4, -0.2) is 46.9 Å². The van der Waals surface area contributed by atoms with Gasteiger partial charge in [0.1, 0.15) is 6.54 Å². The van der Waals surface area contributed by atoms with E-state index in [0.717, 1.165) is 29.9 Å². The van der Waals surface area contributed by atoms with Gasteiger partial charge in [0.2, 0.25) is 5.91 Å². The molecule has 1 amide bonds. The van der Waals surface area contributed by atoms with Crippen molar-refractivity contribution in [2.24, 2.45) is 0 Å². The van der Waals surface area contributed by atoms with Gasteiger partial charge in [0.15, 0.2) is 5.69 Å². The normalized spacial score (nSPS) is 15.6. The maximum atomic E-state index is 12.9. The van der Waals surface area contributed by atoms with Crippen molar-refractivity contribution in [3.63, 3.8) is 0 Å². The Labute approximate surface area is 165 Å². The SMILES string of the molecule is Cc1c(Cl)c(C(F)(F)F)nn1CC(=O)Nc1cccc(CN2CCOCC2)c1. The molecule has 2 aromatic rings. The van der Waals surface area contributed by atoms with Crippen molar-refractivity contribution in [1.29, 1.82) is 0 Å². The zero-order valence-electron chi connectivity index (χ0n) is 15.2. The lowest BCUT2D eigenvalue weighted by molar-refractivity contribution is -0.141. The van der Waals surface area contributed by atoms with Crippen molar-refractivity contribution in [1.82, 2.24) is 14.7 Å². The first-order valence-corrected chi connectivity index (χ1v) is 9.11. The summed E-state index contributed by atoms with van der Waals surface area (Å²) in [5, 5.41) is 5.64. The van der Waals surface area contributed by atoms with Gasteiger partial charge in [0, 0.05) is 25.3 Å². The smallest absolute Gasteiger partial charge is 0.379 e. The van der Waals surface area contributed by atoms with E-state index in [1.54, 1.807) is 6.07 Å². The van der Waals surface area contributed by atoms with Gasteiger partial charge in [-0.25, -0.2) is 0 Å². The van der Waals surface area contributed by atoms with E-state index in [1.807, 2.05) is 18.2 Å². The molecule has 0 bridgehead atoms. The van der Waals surface area contributed by atoms with Crippen LogP contribution in [0.3, 0.4) is 0 Å².